The molecule has 0 aliphatic carbocycles. The Morgan fingerprint density at radius 2 is 2.04 bits per heavy atom. The van der Waals surface area contributed by atoms with Crippen LogP contribution >= 0.6 is 0 Å². The van der Waals surface area contributed by atoms with Crippen LogP contribution in [0.5, 0.6) is 5.75 Å². The van der Waals surface area contributed by atoms with Crippen LogP contribution in [0.1, 0.15) is 49.0 Å². The minimum Gasteiger partial charge on any atom is -0.497 e. The van der Waals surface area contributed by atoms with E-state index < -0.39 is 0 Å². The number of aromatic amines is 1. The molecule has 132 valence electrons. The van der Waals surface area contributed by atoms with E-state index in [-0.39, 0.29) is 0 Å². The molecule has 1 unspecified atom stereocenters. The Morgan fingerprint density at radius 1 is 1.24 bits per heavy atom. The van der Waals surface area contributed by atoms with E-state index in [1.165, 1.54) is 24.0 Å². The van der Waals surface area contributed by atoms with Crippen LogP contribution < -0.4 is 10.1 Å². The Morgan fingerprint density at radius 3 is 2.76 bits per heavy atom. The van der Waals surface area contributed by atoms with Crippen LogP contribution in [-0.2, 0) is 6.54 Å². The lowest BCUT2D eigenvalue weighted by Crippen LogP contribution is -2.21. The summed E-state index contributed by atoms with van der Waals surface area (Å²) in [6.45, 7) is 5.04. The average Bonchev–Trinajstić information content (AvgIpc) is 3.02. The van der Waals surface area contributed by atoms with Gasteiger partial charge in [-0.2, -0.15) is 5.10 Å². The smallest absolute Gasteiger partial charge is 0.181 e. The van der Waals surface area contributed by atoms with Gasteiger partial charge in [-0.25, -0.2) is 4.98 Å². The lowest BCUT2D eigenvalue weighted by Gasteiger charge is -2.19. The van der Waals surface area contributed by atoms with Crippen LogP contribution in [0.3, 0.4) is 0 Å². The molecule has 3 aromatic rings. The molecule has 1 atom stereocenters. The van der Waals surface area contributed by atoms with E-state index in [0.29, 0.717) is 6.04 Å². The summed E-state index contributed by atoms with van der Waals surface area (Å²) in [7, 11) is 1.70. The minimum atomic E-state index is 0.326. The number of unbranched alkanes of at least 4 members (excludes halogenated alkanes) is 1. The molecule has 0 radical (unpaired) electrons. The number of aryl methyl sites for hydroxylation is 1. The Kier molecular flexibility index (Phi) is 5.66. The molecule has 2 aromatic heterocycles. The van der Waals surface area contributed by atoms with E-state index in [1.807, 2.05) is 25.3 Å². The number of hydrogen-bond acceptors (Lipinski definition) is 4. The quantitative estimate of drug-likeness (QED) is 0.643. The summed E-state index contributed by atoms with van der Waals surface area (Å²) in [6, 6.07) is 10.8. The molecule has 5 nitrogen and oxygen atoms in total. The summed E-state index contributed by atoms with van der Waals surface area (Å²) in [5.41, 5.74) is 4.30. The van der Waals surface area contributed by atoms with Crippen LogP contribution in [0.15, 0.2) is 36.5 Å². The van der Waals surface area contributed by atoms with Crippen molar-refractivity contribution in [2.24, 2.45) is 0 Å². The van der Waals surface area contributed by atoms with Crippen LogP contribution in [0.25, 0.3) is 11.0 Å². The molecule has 2 heterocycles. The Balaban J connectivity index is 1.73. The first-order valence-corrected chi connectivity index (χ1v) is 8.88. The number of nitrogens with zero attached hydrogens (tertiary/aromatic N) is 2. The normalized spacial score (nSPS) is 12.4. The van der Waals surface area contributed by atoms with Crippen molar-refractivity contribution in [3.63, 3.8) is 0 Å². The van der Waals surface area contributed by atoms with Crippen molar-refractivity contribution in [3.05, 3.63) is 53.3 Å². The van der Waals surface area contributed by atoms with Crippen LogP contribution in [0, 0.1) is 6.92 Å². The van der Waals surface area contributed by atoms with Crippen molar-refractivity contribution in [2.45, 2.75) is 45.7 Å². The molecule has 2 N–H and O–H groups in total. The first kappa shape index (κ1) is 17.4. The van der Waals surface area contributed by atoms with Gasteiger partial charge in [-0.15, -0.1) is 0 Å². The van der Waals surface area contributed by atoms with Crippen molar-refractivity contribution in [1.29, 1.82) is 0 Å². The predicted molar refractivity (Wildman–Crippen MR) is 101 cm³/mol. The number of pyridine rings is 1. The van der Waals surface area contributed by atoms with Gasteiger partial charge in [0.15, 0.2) is 5.65 Å². The van der Waals surface area contributed by atoms with Gasteiger partial charge in [0, 0.05) is 29.9 Å². The number of fused-ring (bicyclic) bond motifs is 1. The van der Waals surface area contributed by atoms with E-state index >= 15 is 0 Å². The fourth-order valence-corrected chi connectivity index (χ4v) is 3.03. The molecule has 1 aromatic carbocycles. The topological polar surface area (TPSA) is 62.8 Å². The van der Waals surface area contributed by atoms with Crippen molar-refractivity contribution >= 4 is 11.0 Å². The van der Waals surface area contributed by atoms with Crippen LogP contribution in [0.4, 0.5) is 0 Å². The number of nitrogens with one attached hydrogen (secondary N) is 2. The van der Waals surface area contributed by atoms with Crippen molar-refractivity contribution in [1.82, 2.24) is 20.5 Å². The molecule has 0 bridgehead atoms. The molecule has 0 aliphatic rings. The predicted octanol–water partition coefficient (Wildman–Crippen LogP) is 4.30. The number of hydrogen-bond donors (Lipinski definition) is 2. The summed E-state index contributed by atoms with van der Waals surface area (Å²) < 4.78 is 5.27. The number of rotatable bonds is 8. The molecule has 3 rings (SSSR count). The zero-order valence-electron chi connectivity index (χ0n) is 15.2. The van der Waals surface area contributed by atoms with Crippen molar-refractivity contribution in [3.8, 4) is 5.75 Å². The molecule has 0 amide bonds. The number of methoxy groups -OCH3 is 1. The van der Waals surface area contributed by atoms with E-state index in [1.54, 1.807) is 7.11 Å². The van der Waals surface area contributed by atoms with Gasteiger partial charge in [0.2, 0.25) is 0 Å². The van der Waals surface area contributed by atoms with Gasteiger partial charge in [-0.1, -0.05) is 31.9 Å². The first-order chi connectivity index (χ1) is 12.2. The maximum atomic E-state index is 5.27. The van der Waals surface area contributed by atoms with Crippen LogP contribution in [0.2, 0.25) is 0 Å². The molecular formula is C20H26N4O. The number of ether oxygens (including phenoxy) is 1. The summed E-state index contributed by atoms with van der Waals surface area (Å²) >= 11 is 0. The fraction of sp³-hybridized carbons (Fsp3) is 0.400. The third-order valence-corrected chi connectivity index (χ3v) is 4.57. The SMILES string of the molecule is CCCCC(NCc1cnc2n[nH]c(C)c2c1)c1ccc(OC)cc1. The maximum Gasteiger partial charge on any atom is 0.181 e. The molecule has 5 heteroatoms. The molecule has 0 fully saturated rings. The fourth-order valence-electron chi connectivity index (χ4n) is 3.03. The standard InChI is InChI=1S/C20H26N4O/c1-4-5-6-19(16-7-9-17(25-3)10-8-16)21-12-15-11-18-14(2)23-24-20(18)22-13-15/h7-11,13,19,21H,4-6,12H2,1-3H3,(H,22,23,24). The number of aromatic nitrogens is 3. The molecule has 25 heavy (non-hydrogen) atoms. The molecule has 0 spiro atoms. The summed E-state index contributed by atoms with van der Waals surface area (Å²) in [5, 5.41) is 12.0. The third kappa shape index (κ3) is 4.17. The van der Waals surface area contributed by atoms with E-state index in [4.69, 9.17) is 4.74 Å². The van der Waals surface area contributed by atoms with Crippen molar-refractivity contribution < 1.29 is 4.74 Å². The van der Waals surface area contributed by atoms with Gasteiger partial charge >= 0.3 is 0 Å². The second-order valence-electron chi connectivity index (χ2n) is 6.41. The van der Waals surface area contributed by atoms with Gasteiger partial charge in [0.1, 0.15) is 5.75 Å². The Bertz CT molecular complexity index is 810. The van der Waals surface area contributed by atoms with Gasteiger partial charge in [-0.05, 0) is 42.7 Å². The first-order valence-electron chi connectivity index (χ1n) is 8.88. The van der Waals surface area contributed by atoms with Gasteiger partial charge in [0.25, 0.3) is 0 Å². The number of benzene rings is 1. The maximum absolute atomic E-state index is 5.27. The zero-order valence-corrected chi connectivity index (χ0v) is 15.2. The second kappa shape index (κ2) is 8.12. The van der Waals surface area contributed by atoms with E-state index in [2.05, 4.69) is 45.6 Å². The summed E-state index contributed by atoms with van der Waals surface area (Å²) in [4.78, 5) is 4.44. The van der Waals surface area contributed by atoms with Gasteiger partial charge in [-0.3, -0.25) is 5.10 Å². The summed E-state index contributed by atoms with van der Waals surface area (Å²) in [6.07, 6.45) is 5.40. The van der Waals surface area contributed by atoms with E-state index in [9.17, 15) is 0 Å². The highest BCUT2D eigenvalue weighted by Gasteiger charge is 2.12. The molecular weight excluding hydrogens is 312 g/mol. The van der Waals surface area contributed by atoms with Crippen molar-refractivity contribution in [2.75, 3.05) is 7.11 Å². The monoisotopic (exact) mass is 338 g/mol. The largest absolute Gasteiger partial charge is 0.497 e. The highest BCUT2D eigenvalue weighted by Crippen LogP contribution is 2.23. The zero-order chi connectivity index (χ0) is 17.6. The molecule has 0 saturated carbocycles. The molecule has 0 aliphatic heterocycles. The van der Waals surface area contributed by atoms with Gasteiger partial charge in [0.05, 0.1) is 7.11 Å². The lowest BCUT2D eigenvalue weighted by atomic mass is 10.0. The third-order valence-electron chi connectivity index (χ3n) is 4.57. The van der Waals surface area contributed by atoms with Crippen LogP contribution in [-0.4, -0.2) is 22.3 Å². The highest BCUT2D eigenvalue weighted by atomic mass is 16.5. The Labute approximate surface area is 148 Å². The summed E-state index contributed by atoms with van der Waals surface area (Å²) in [5.74, 6) is 0.892. The minimum absolute atomic E-state index is 0.326. The average molecular weight is 338 g/mol. The Hall–Kier alpha value is -2.40. The lowest BCUT2D eigenvalue weighted by molar-refractivity contribution is 0.414. The molecule has 0 saturated heterocycles. The van der Waals surface area contributed by atoms with E-state index in [0.717, 1.165) is 35.4 Å². The van der Waals surface area contributed by atoms with Gasteiger partial charge < -0.3 is 10.1 Å². The highest BCUT2D eigenvalue weighted by molar-refractivity contribution is 5.77. The second-order valence-corrected chi connectivity index (χ2v) is 6.41. The number of H-pyrrole nitrogens is 1.